The molecule has 0 bridgehead atoms. The van der Waals surface area contributed by atoms with E-state index in [1.807, 2.05) is 24.3 Å². The van der Waals surface area contributed by atoms with Crippen LogP contribution in [0.3, 0.4) is 0 Å². The number of pyridine rings is 1. The lowest BCUT2D eigenvalue weighted by Crippen LogP contribution is -2.49. The van der Waals surface area contributed by atoms with Crippen LogP contribution < -0.4 is 16.2 Å². The Morgan fingerprint density at radius 2 is 2.00 bits per heavy atom. The Bertz CT molecular complexity index is 1470. The molecule has 1 atom stereocenters. The van der Waals surface area contributed by atoms with Gasteiger partial charge in [0.05, 0.1) is 54.4 Å². The summed E-state index contributed by atoms with van der Waals surface area (Å²) in [5.74, 6) is 0.846. The van der Waals surface area contributed by atoms with Gasteiger partial charge >= 0.3 is 0 Å². The van der Waals surface area contributed by atoms with Gasteiger partial charge in [0, 0.05) is 41.8 Å². The molecular weight excluding hydrogens is 510 g/mol. The normalized spacial score (nSPS) is 19.1. The van der Waals surface area contributed by atoms with Crippen molar-refractivity contribution in [3.8, 4) is 0 Å². The third-order valence-electron chi connectivity index (χ3n) is 7.36. The van der Waals surface area contributed by atoms with E-state index in [0.717, 1.165) is 48.8 Å². The monoisotopic (exact) mass is 535 g/mol. The first-order chi connectivity index (χ1) is 18.0. The van der Waals surface area contributed by atoms with E-state index in [4.69, 9.17) is 22.1 Å². The topological polar surface area (TPSA) is 112 Å². The molecule has 11 heteroatoms. The summed E-state index contributed by atoms with van der Waals surface area (Å²) in [6.07, 6.45) is 10.5. The predicted octanol–water partition coefficient (Wildman–Crippen LogP) is 3.38. The number of ether oxygens (including phenoxy) is 1. The van der Waals surface area contributed by atoms with Gasteiger partial charge in [-0.25, -0.2) is 15.0 Å². The third-order valence-corrected chi connectivity index (χ3v) is 8.84. The van der Waals surface area contributed by atoms with Crippen LogP contribution in [0.4, 0.5) is 5.82 Å². The van der Waals surface area contributed by atoms with Crippen LogP contribution >= 0.6 is 23.4 Å². The SMILES string of the molecule is N[C@@H]1COCC12CCN(c1cnc(Sc3ccc4ncn(Cc5cccnc5)c(=O)c4c3Cl)cn1)CC2. The van der Waals surface area contributed by atoms with E-state index in [0.29, 0.717) is 34.1 Å². The highest BCUT2D eigenvalue weighted by atomic mass is 35.5. The molecule has 3 aromatic heterocycles. The van der Waals surface area contributed by atoms with Crippen LogP contribution in [0.5, 0.6) is 0 Å². The fraction of sp³-hybridized carbons (Fsp3) is 0.346. The Morgan fingerprint density at radius 3 is 2.70 bits per heavy atom. The molecule has 2 N–H and O–H groups in total. The van der Waals surface area contributed by atoms with Gasteiger partial charge in [-0.1, -0.05) is 29.4 Å². The Kier molecular flexibility index (Phi) is 6.58. The van der Waals surface area contributed by atoms with E-state index in [1.165, 1.54) is 11.8 Å². The van der Waals surface area contributed by atoms with Crippen LogP contribution in [-0.4, -0.2) is 56.8 Å². The predicted molar refractivity (Wildman–Crippen MR) is 143 cm³/mol. The number of nitrogens with two attached hydrogens (primary N) is 1. The number of piperidine rings is 1. The molecular formula is C26H26ClN7O2S. The number of hydrogen-bond acceptors (Lipinski definition) is 9. The van der Waals surface area contributed by atoms with Gasteiger partial charge in [-0.2, -0.15) is 0 Å². The molecule has 190 valence electrons. The lowest BCUT2D eigenvalue weighted by atomic mass is 9.75. The number of anilines is 1. The van der Waals surface area contributed by atoms with Crippen LogP contribution in [0.2, 0.25) is 5.02 Å². The summed E-state index contributed by atoms with van der Waals surface area (Å²) in [6.45, 7) is 3.53. The number of halogens is 1. The van der Waals surface area contributed by atoms with Gasteiger partial charge in [-0.3, -0.25) is 14.3 Å². The number of rotatable bonds is 5. The third kappa shape index (κ3) is 4.70. The molecule has 4 aromatic rings. The molecule has 2 aliphatic heterocycles. The van der Waals surface area contributed by atoms with Crippen LogP contribution in [0.15, 0.2) is 70.1 Å². The van der Waals surface area contributed by atoms with E-state index in [9.17, 15) is 4.79 Å². The minimum atomic E-state index is -0.196. The second-order valence-electron chi connectivity index (χ2n) is 9.60. The summed E-state index contributed by atoms with van der Waals surface area (Å²) in [5.41, 5.74) is 7.67. The summed E-state index contributed by atoms with van der Waals surface area (Å²) in [6, 6.07) is 7.54. The van der Waals surface area contributed by atoms with Crippen LogP contribution in [0.25, 0.3) is 10.9 Å². The average Bonchev–Trinajstić information content (AvgIpc) is 3.27. The maximum absolute atomic E-state index is 13.3. The number of hydrogen-bond donors (Lipinski definition) is 1. The zero-order chi connectivity index (χ0) is 25.4. The lowest BCUT2D eigenvalue weighted by Gasteiger charge is -2.41. The van der Waals surface area contributed by atoms with Crippen molar-refractivity contribution < 1.29 is 4.74 Å². The van der Waals surface area contributed by atoms with Crippen molar-refractivity contribution in [3.05, 3.63) is 76.3 Å². The molecule has 6 rings (SSSR count). The minimum absolute atomic E-state index is 0.0952. The molecule has 5 heterocycles. The van der Waals surface area contributed by atoms with Gasteiger partial charge in [-0.05, 0) is 36.6 Å². The van der Waals surface area contributed by atoms with Crippen molar-refractivity contribution in [3.63, 3.8) is 0 Å². The lowest BCUT2D eigenvalue weighted by molar-refractivity contribution is 0.131. The summed E-state index contributed by atoms with van der Waals surface area (Å²) >= 11 is 8.11. The number of aromatic nitrogens is 5. The van der Waals surface area contributed by atoms with Gasteiger partial charge in [0.15, 0.2) is 0 Å². The van der Waals surface area contributed by atoms with Gasteiger partial charge in [0.1, 0.15) is 10.8 Å². The van der Waals surface area contributed by atoms with Crippen molar-refractivity contribution in [2.24, 2.45) is 11.1 Å². The minimum Gasteiger partial charge on any atom is -0.379 e. The molecule has 2 saturated heterocycles. The molecule has 0 radical (unpaired) electrons. The highest BCUT2D eigenvalue weighted by Gasteiger charge is 2.44. The molecule has 9 nitrogen and oxygen atoms in total. The molecule has 2 fully saturated rings. The molecule has 0 saturated carbocycles. The zero-order valence-corrected chi connectivity index (χ0v) is 21.7. The van der Waals surface area contributed by atoms with Crippen molar-refractivity contribution in [1.82, 2.24) is 24.5 Å². The van der Waals surface area contributed by atoms with E-state index in [1.54, 1.807) is 35.7 Å². The molecule has 1 aromatic carbocycles. The zero-order valence-electron chi connectivity index (χ0n) is 20.1. The van der Waals surface area contributed by atoms with Gasteiger partial charge in [0.2, 0.25) is 0 Å². The summed E-state index contributed by atoms with van der Waals surface area (Å²) in [4.78, 5) is 34.1. The first-order valence-corrected chi connectivity index (χ1v) is 13.4. The first kappa shape index (κ1) is 24.3. The second-order valence-corrected chi connectivity index (χ2v) is 11.0. The maximum Gasteiger partial charge on any atom is 0.263 e. The molecule has 0 unspecified atom stereocenters. The van der Waals surface area contributed by atoms with Crippen molar-refractivity contribution in [2.45, 2.75) is 35.3 Å². The molecule has 1 spiro atoms. The fourth-order valence-electron chi connectivity index (χ4n) is 5.07. The van der Waals surface area contributed by atoms with Crippen LogP contribution in [0.1, 0.15) is 18.4 Å². The van der Waals surface area contributed by atoms with Gasteiger partial charge < -0.3 is 15.4 Å². The highest BCUT2D eigenvalue weighted by Crippen LogP contribution is 2.40. The summed E-state index contributed by atoms with van der Waals surface area (Å²) < 4.78 is 7.17. The Balaban J connectivity index is 1.19. The number of nitrogens with zero attached hydrogens (tertiary/aromatic N) is 6. The van der Waals surface area contributed by atoms with Crippen molar-refractivity contribution in [1.29, 1.82) is 0 Å². The second kappa shape index (κ2) is 10.0. The molecule has 0 aliphatic carbocycles. The van der Waals surface area contributed by atoms with E-state index < -0.39 is 0 Å². The van der Waals surface area contributed by atoms with Crippen LogP contribution in [0, 0.1) is 5.41 Å². The summed E-state index contributed by atoms with van der Waals surface area (Å²) in [7, 11) is 0. The standard InChI is InChI=1S/C26H26ClN7O2S/c27-24-19(4-3-18-23(24)25(35)34(16-32-18)13-17-2-1-7-29-10-17)37-22-12-30-21(11-31-22)33-8-5-26(6-9-33)15-36-14-20(26)28/h1-4,7,10-12,16,20H,5-6,8-9,13-15,28H2/t20-/m1/s1. The van der Waals surface area contributed by atoms with E-state index >= 15 is 0 Å². The summed E-state index contributed by atoms with van der Waals surface area (Å²) in [5, 5.41) is 1.45. The molecule has 0 amide bonds. The molecule has 37 heavy (non-hydrogen) atoms. The largest absolute Gasteiger partial charge is 0.379 e. The smallest absolute Gasteiger partial charge is 0.263 e. The number of benzene rings is 1. The maximum atomic E-state index is 13.3. The average molecular weight is 536 g/mol. The highest BCUT2D eigenvalue weighted by molar-refractivity contribution is 7.99. The van der Waals surface area contributed by atoms with Crippen LogP contribution in [-0.2, 0) is 11.3 Å². The quantitative estimate of drug-likeness (QED) is 0.411. The van der Waals surface area contributed by atoms with Crippen molar-refractivity contribution >= 4 is 40.1 Å². The Labute approximate surface area is 223 Å². The van der Waals surface area contributed by atoms with Gasteiger partial charge in [0.25, 0.3) is 5.56 Å². The Morgan fingerprint density at radius 1 is 1.14 bits per heavy atom. The van der Waals surface area contributed by atoms with E-state index in [2.05, 4.69) is 24.8 Å². The van der Waals surface area contributed by atoms with E-state index in [-0.39, 0.29) is 17.0 Å². The fourth-order valence-corrected chi connectivity index (χ4v) is 6.19. The van der Waals surface area contributed by atoms with Crippen molar-refractivity contribution in [2.75, 3.05) is 31.2 Å². The molecule has 2 aliphatic rings. The first-order valence-electron chi connectivity index (χ1n) is 12.2. The number of fused-ring (bicyclic) bond motifs is 1. The Hall–Kier alpha value is -3.05. The van der Waals surface area contributed by atoms with Gasteiger partial charge in [-0.15, -0.1) is 0 Å².